The fourth-order valence-corrected chi connectivity index (χ4v) is 2.38. The van der Waals surface area contributed by atoms with Gasteiger partial charge in [0.25, 0.3) is 0 Å². The van der Waals surface area contributed by atoms with Crippen molar-refractivity contribution < 1.29 is 9.15 Å². The van der Waals surface area contributed by atoms with Crippen LogP contribution in [0, 0.1) is 5.41 Å². The third kappa shape index (κ3) is 4.14. The molecular weight excluding hydrogens is 226 g/mol. The van der Waals surface area contributed by atoms with Crippen LogP contribution in [0.4, 0.5) is 0 Å². The van der Waals surface area contributed by atoms with E-state index in [2.05, 4.69) is 19.2 Å². The molecule has 1 aliphatic heterocycles. The molecule has 1 saturated heterocycles. The molecule has 0 bridgehead atoms. The first kappa shape index (κ1) is 13.6. The maximum Gasteiger partial charge on any atom is 0.103 e. The molecule has 0 aliphatic carbocycles. The minimum absolute atomic E-state index is 0.414. The van der Waals surface area contributed by atoms with Gasteiger partial charge in [-0.05, 0) is 43.7 Å². The molecule has 0 radical (unpaired) electrons. The van der Waals surface area contributed by atoms with Crippen LogP contribution in [0.25, 0.3) is 0 Å². The Morgan fingerprint density at radius 1 is 1.39 bits per heavy atom. The summed E-state index contributed by atoms with van der Waals surface area (Å²) in [6.45, 7) is 7.54. The summed E-state index contributed by atoms with van der Waals surface area (Å²) in [5.41, 5.74) is 0.414. The molecule has 2 rings (SSSR count). The third-order valence-corrected chi connectivity index (χ3v) is 3.98. The molecule has 1 atom stereocenters. The van der Waals surface area contributed by atoms with Gasteiger partial charge in [-0.25, -0.2) is 0 Å². The average Bonchev–Trinajstić information content (AvgIpc) is 2.88. The molecular formula is C15H25NO2. The fourth-order valence-electron chi connectivity index (χ4n) is 2.38. The summed E-state index contributed by atoms with van der Waals surface area (Å²) in [6.07, 6.45) is 6.23. The van der Waals surface area contributed by atoms with Crippen molar-refractivity contribution in [2.45, 2.75) is 45.6 Å². The Labute approximate surface area is 110 Å². The molecule has 18 heavy (non-hydrogen) atoms. The number of aryl methyl sites for hydroxylation is 1. The SMILES string of the molecule is CC(CCc1ccco1)NCC1(C)CCOCC1. The van der Waals surface area contributed by atoms with E-state index in [0.29, 0.717) is 11.5 Å². The smallest absolute Gasteiger partial charge is 0.103 e. The van der Waals surface area contributed by atoms with Crippen LogP contribution in [-0.2, 0) is 11.2 Å². The average molecular weight is 251 g/mol. The van der Waals surface area contributed by atoms with Crippen molar-refractivity contribution in [2.75, 3.05) is 19.8 Å². The highest BCUT2D eigenvalue weighted by atomic mass is 16.5. The van der Waals surface area contributed by atoms with E-state index < -0.39 is 0 Å². The van der Waals surface area contributed by atoms with Crippen LogP contribution in [0.2, 0.25) is 0 Å². The highest BCUT2D eigenvalue weighted by Crippen LogP contribution is 2.28. The maximum atomic E-state index is 5.43. The minimum Gasteiger partial charge on any atom is -0.469 e. The second-order valence-corrected chi connectivity index (χ2v) is 5.82. The van der Waals surface area contributed by atoms with E-state index in [0.717, 1.165) is 38.4 Å². The zero-order chi connectivity index (χ0) is 12.8. The summed E-state index contributed by atoms with van der Waals surface area (Å²) in [6, 6.07) is 4.54. The topological polar surface area (TPSA) is 34.4 Å². The maximum absolute atomic E-state index is 5.43. The Morgan fingerprint density at radius 3 is 2.83 bits per heavy atom. The molecule has 0 saturated carbocycles. The molecule has 1 aromatic heterocycles. The van der Waals surface area contributed by atoms with Crippen LogP contribution < -0.4 is 5.32 Å². The van der Waals surface area contributed by atoms with Crippen molar-refractivity contribution in [2.24, 2.45) is 5.41 Å². The van der Waals surface area contributed by atoms with Gasteiger partial charge in [0.05, 0.1) is 6.26 Å². The summed E-state index contributed by atoms with van der Waals surface area (Å²) < 4.78 is 10.8. The lowest BCUT2D eigenvalue weighted by molar-refractivity contribution is 0.0230. The molecule has 1 aliphatic rings. The number of hydrogen-bond donors (Lipinski definition) is 1. The standard InChI is InChI=1S/C15H25NO2/c1-13(5-6-14-4-3-9-18-14)16-12-15(2)7-10-17-11-8-15/h3-4,9,13,16H,5-8,10-12H2,1-2H3. The normalized spacial score (nSPS) is 20.8. The number of ether oxygens (including phenoxy) is 1. The highest BCUT2D eigenvalue weighted by Gasteiger charge is 2.27. The number of rotatable bonds is 6. The number of furan rings is 1. The first-order valence-electron chi connectivity index (χ1n) is 7.01. The zero-order valence-electron chi connectivity index (χ0n) is 11.6. The first-order valence-corrected chi connectivity index (χ1v) is 7.01. The lowest BCUT2D eigenvalue weighted by Crippen LogP contribution is -2.40. The molecule has 2 heterocycles. The Hall–Kier alpha value is -0.800. The fraction of sp³-hybridized carbons (Fsp3) is 0.733. The van der Waals surface area contributed by atoms with E-state index in [1.807, 2.05) is 12.1 Å². The Bertz CT molecular complexity index is 328. The van der Waals surface area contributed by atoms with Crippen molar-refractivity contribution in [1.82, 2.24) is 5.32 Å². The van der Waals surface area contributed by atoms with Crippen LogP contribution in [0.5, 0.6) is 0 Å². The van der Waals surface area contributed by atoms with Gasteiger partial charge in [-0.15, -0.1) is 0 Å². The number of nitrogens with one attached hydrogen (secondary N) is 1. The molecule has 0 spiro atoms. The van der Waals surface area contributed by atoms with Gasteiger partial charge in [-0.1, -0.05) is 6.92 Å². The largest absolute Gasteiger partial charge is 0.469 e. The molecule has 1 N–H and O–H groups in total. The van der Waals surface area contributed by atoms with E-state index in [1.165, 1.54) is 12.8 Å². The van der Waals surface area contributed by atoms with Crippen LogP contribution in [0.15, 0.2) is 22.8 Å². The molecule has 3 nitrogen and oxygen atoms in total. The van der Waals surface area contributed by atoms with Crippen molar-refractivity contribution in [3.63, 3.8) is 0 Å². The molecule has 0 amide bonds. The summed E-state index contributed by atoms with van der Waals surface area (Å²) in [5.74, 6) is 1.08. The van der Waals surface area contributed by atoms with Crippen LogP contribution in [0.1, 0.15) is 38.9 Å². The highest BCUT2D eigenvalue weighted by molar-refractivity contribution is 4.98. The predicted molar refractivity (Wildman–Crippen MR) is 72.7 cm³/mol. The summed E-state index contributed by atoms with van der Waals surface area (Å²) in [7, 11) is 0. The summed E-state index contributed by atoms with van der Waals surface area (Å²) in [4.78, 5) is 0. The second-order valence-electron chi connectivity index (χ2n) is 5.82. The minimum atomic E-state index is 0.414. The molecule has 1 aromatic rings. The van der Waals surface area contributed by atoms with Gasteiger partial charge in [-0.2, -0.15) is 0 Å². The van der Waals surface area contributed by atoms with E-state index in [1.54, 1.807) is 6.26 Å². The molecule has 102 valence electrons. The van der Waals surface area contributed by atoms with E-state index in [4.69, 9.17) is 9.15 Å². The van der Waals surface area contributed by atoms with Gasteiger partial charge >= 0.3 is 0 Å². The summed E-state index contributed by atoms with van der Waals surface area (Å²) in [5, 5.41) is 3.66. The van der Waals surface area contributed by atoms with Gasteiger partial charge in [0.2, 0.25) is 0 Å². The quantitative estimate of drug-likeness (QED) is 0.844. The van der Waals surface area contributed by atoms with Gasteiger partial charge in [0, 0.05) is 32.2 Å². The molecule has 1 fully saturated rings. The Kier molecular flexibility index (Phi) is 4.84. The predicted octanol–water partition coefficient (Wildman–Crippen LogP) is 3.01. The Balaban J connectivity index is 1.66. The van der Waals surface area contributed by atoms with Gasteiger partial charge in [-0.3, -0.25) is 0 Å². The Morgan fingerprint density at radius 2 is 2.17 bits per heavy atom. The van der Waals surface area contributed by atoms with Crippen LogP contribution in [-0.4, -0.2) is 25.8 Å². The van der Waals surface area contributed by atoms with E-state index >= 15 is 0 Å². The third-order valence-electron chi connectivity index (χ3n) is 3.98. The van der Waals surface area contributed by atoms with Gasteiger partial charge in [0.1, 0.15) is 5.76 Å². The lowest BCUT2D eigenvalue weighted by Gasteiger charge is -2.34. The van der Waals surface area contributed by atoms with Crippen molar-refractivity contribution in [1.29, 1.82) is 0 Å². The second kappa shape index (κ2) is 6.39. The van der Waals surface area contributed by atoms with Gasteiger partial charge < -0.3 is 14.5 Å². The molecule has 3 heteroatoms. The van der Waals surface area contributed by atoms with Gasteiger partial charge in [0.15, 0.2) is 0 Å². The van der Waals surface area contributed by atoms with Crippen molar-refractivity contribution in [3.8, 4) is 0 Å². The lowest BCUT2D eigenvalue weighted by atomic mass is 9.82. The van der Waals surface area contributed by atoms with Crippen molar-refractivity contribution >= 4 is 0 Å². The molecule has 0 aromatic carbocycles. The molecule has 1 unspecified atom stereocenters. The number of hydrogen-bond acceptors (Lipinski definition) is 3. The van der Waals surface area contributed by atoms with E-state index in [9.17, 15) is 0 Å². The monoisotopic (exact) mass is 251 g/mol. The van der Waals surface area contributed by atoms with Crippen LogP contribution in [0.3, 0.4) is 0 Å². The van der Waals surface area contributed by atoms with Crippen LogP contribution >= 0.6 is 0 Å². The van der Waals surface area contributed by atoms with Crippen molar-refractivity contribution in [3.05, 3.63) is 24.2 Å². The summed E-state index contributed by atoms with van der Waals surface area (Å²) >= 11 is 0. The zero-order valence-corrected chi connectivity index (χ0v) is 11.6. The first-order chi connectivity index (χ1) is 8.68. The van der Waals surface area contributed by atoms with E-state index in [-0.39, 0.29) is 0 Å².